The Hall–Kier alpha value is -0.960. The number of nitrogens with zero attached hydrogens (tertiary/aromatic N) is 1. The van der Waals surface area contributed by atoms with Crippen molar-refractivity contribution in [2.75, 3.05) is 20.3 Å². The second-order valence-corrected chi connectivity index (χ2v) is 7.65. The number of carboxylic acid groups (broad SMARTS) is 1. The second-order valence-electron chi connectivity index (χ2n) is 4.54. The van der Waals surface area contributed by atoms with E-state index in [0.29, 0.717) is 4.88 Å². The van der Waals surface area contributed by atoms with Crippen molar-refractivity contribution >= 4 is 27.3 Å². The Bertz CT molecular complexity index is 577. The molecule has 20 heavy (non-hydrogen) atoms. The normalized spacial score (nSPS) is 12.3. The first-order valence-corrected chi connectivity index (χ1v) is 8.32. The predicted octanol–water partition coefficient (Wildman–Crippen LogP) is 1.80. The third-order valence-corrected chi connectivity index (χ3v) is 6.13. The summed E-state index contributed by atoms with van der Waals surface area (Å²) < 4.78 is 31.5. The summed E-state index contributed by atoms with van der Waals surface area (Å²) in [5.74, 6) is -1.12. The number of carboxylic acids is 1. The van der Waals surface area contributed by atoms with Gasteiger partial charge in [0.2, 0.25) is 10.0 Å². The third-order valence-electron chi connectivity index (χ3n) is 2.76. The van der Waals surface area contributed by atoms with Crippen molar-refractivity contribution in [2.45, 2.75) is 31.7 Å². The fourth-order valence-electron chi connectivity index (χ4n) is 1.79. The lowest BCUT2D eigenvalue weighted by atomic mass is 10.4. The van der Waals surface area contributed by atoms with Gasteiger partial charge in [-0.05, 0) is 26.8 Å². The maximum Gasteiger partial charge on any atom is 0.345 e. The monoisotopic (exact) mass is 321 g/mol. The maximum atomic E-state index is 12.6. The number of hydrogen-bond donors (Lipinski definition) is 1. The van der Waals surface area contributed by atoms with Crippen LogP contribution in [0.15, 0.2) is 11.0 Å². The Morgan fingerprint density at radius 2 is 2.10 bits per heavy atom. The van der Waals surface area contributed by atoms with E-state index in [1.165, 1.54) is 17.5 Å². The standard InChI is InChI=1S/C12H19NO5S2/c1-8(2)13(5-6-18-4)20(16,17)11-7-10(12(14)15)19-9(11)3/h7-8H,5-6H2,1-4H3,(H,14,15). The number of ether oxygens (including phenoxy) is 1. The lowest BCUT2D eigenvalue weighted by molar-refractivity contribution is 0.0702. The first-order chi connectivity index (χ1) is 9.21. The van der Waals surface area contributed by atoms with Crippen molar-refractivity contribution in [1.29, 1.82) is 0 Å². The summed E-state index contributed by atoms with van der Waals surface area (Å²) in [5.41, 5.74) is 0. The molecule has 0 fully saturated rings. The molecule has 114 valence electrons. The molecule has 0 unspecified atom stereocenters. The lowest BCUT2D eigenvalue weighted by Gasteiger charge is -2.25. The molecule has 0 atom stereocenters. The molecule has 0 saturated carbocycles. The van der Waals surface area contributed by atoms with Crippen LogP contribution in [0, 0.1) is 6.92 Å². The number of thiophene rings is 1. The number of carbonyl (C=O) groups is 1. The number of sulfonamides is 1. The molecular formula is C12H19NO5S2. The molecule has 0 aromatic carbocycles. The van der Waals surface area contributed by atoms with E-state index in [9.17, 15) is 13.2 Å². The van der Waals surface area contributed by atoms with E-state index in [1.54, 1.807) is 20.8 Å². The minimum Gasteiger partial charge on any atom is -0.477 e. The highest BCUT2D eigenvalue weighted by atomic mass is 32.2. The molecule has 8 heteroatoms. The lowest BCUT2D eigenvalue weighted by Crippen LogP contribution is -2.39. The SMILES string of the molecule is COCCN(C(C)C)S(=O)(=O)c1cc(C(=O)O)sc1C. The zero-order chi connectivity index (χ0) is 15.5. The molecule has 1 aromatic heterocycles. The third kappa shape index (κ3) is 3.57. The summed E-state index contributed by atoms with van der Waals surface area (Å²) in [6, 6.07) is 0.988. The van der Waals surface area contributed by atoms with Gasteiger partial charge in [-0.3, -0.25) is 0 Å². The van der Waals surface area contributed by atoms with Crippen LogP contribution in [0.1, 0.15) is 28.4 Å². The zero-order valence-electron chi connectivity index (χ0n) is 11.9. The van der Waals surface area contributed by atoms with Crippen molar-refractivity contribution in [3.8, 4) is 0 Å². The van der Waals surface area contributed by atoms with E-state index in [-0.39, 0.29) is 29.0 Å². The molecule has 0 aliphatic heterocycles. The van der Waals surface area contributed by atoms with Crippen LogP contribution in [0.25, 0.3) is 0 Å². The Kier molecular flexibility index (Phi) is 5.69. The number of methoxy groups -OCH3 is 1. The molecule has 1 aromatic rings. The van der Waals surface area contributed by atoms with Gasteiger partial charge in [-0.25, -0.2) is 13.2 Å². The molecule has 6 nitrogen and oxygen atoms in total. The van der Waals surface area contributed by atoms with Gasteiger partial charge in [0.05, 0.1) is 11.5 Å². The summed E-state index contributed by atoms with van der Waals surface area (Å²) in [6.07, 6.45) is 0. The van der Waals surface area contributed by atoms with Crippen molar-refractivity contribution < 1.29 is 23.1 Å². The fourth-order valence-corrected chi connectivity index (χ4v) is 4.81. The largest absolute Gasteiger partial charge is 0.477 e. The Labute approximate surface area is 123 Å². The van der Waals surface area contributed by atoms with Crippen molar-refractivity contribution in [2.24, 2.45) is 0 Å². The van der Waals surface area contributed by atoms with Crippen molar-refractivity contribution in [3.05, 3.63) is 15.8 Å². The highest BCUT2D eigenvalue weighted by Crippen LogP contribution is 2.29. The molecule has 1 rings (SSSR count). The fraction of sp³-hybridized carbons (Fsp3) is 0.583. The average Bonchev–Trinajstić information content (AvgIpc) is 2.72. The number of hydrogen-bond acceptors (Lipinski definition) is 5. The van der Waals surface area contributed by atoms with Gasteiger partial charge in [0, 0.05) is 24.6 Å². The van der Waals surface area contributed by atoms with Crippen LogP contribution in [0.2, 0.25) is 0 Å². The van der Waals surface area contributed by atoms with Gasteiger partial charge in [0.25, 0.3) is 0 Å². The van der Waals surface area contributed by atoms with Crippen LogP contribution in [0.3, 0.4) is 0 Å². The zero-order valence-corrected chi connectivity index (χ0v) is 13.5. The molecule has 0 aliphatic rings. The predicted molar refractivity (Wildman–Crippen MR) is 76.9 cm³/mol. The van der Waals surface area contributed by atoms with E-state index in [1.807, 2.05) is 0 Å². The summed E-state index contributed by atoms with van der Waals surface area (Å²) >= 11 is 0.966. The van der Waals surface area contributed by atoms with E-state index >= 15 is 0 Å². The van der Waals surface area contributed by atoms with Crippen LogP contribution >= 0.6 is 11.3 Å². The maximum absolute atomic E-state index is 12.6. The van der Waals surface area contributed by atoms with Crippen LogP contribution in [-0.2, 0) is 14.8 Å². The first-order valence-electron chi connectivity index (χ1n) is 6.06. The minimum absolute atomic E-state index is 0.0246. The highest BCUT2D eigenvalue weighted by molar-refractivity contribution is 7.89. The van der Waals surface area contributed by atoms with E-state index in [0.717, 1.165) is 11.3 Å². The van der Waals surface area contributed by atoms with Gasteiger partial charge >= 0.3 is 5.97 Å². The molecule has 0 aliphatic carbocycles. The van der Waals surface area contributed by atoms with Crippen molar-refractivity contribution in [3.63, 3.8) is 0 Å². The van der Waals surface area contributed by atoms with Crippen LogP contribution in [0.4, 0.5) is 0 Å². The summed E-state index contributed by atoms with van der Waals surface area (Å²) in [6.45, 7) is 5.67. The molecule has 0 bridgehead atoms. The smallest absolute Gasteiger partial charge is 0.345 e. The quantitative estimate of drug-likeness (QED) is 0.828. The number of aromatic carboxylic acids is 1. The molecule has 0 saturated heterocycles. The van der Waals surface area contributed by atoms with Gasteiger partial charge in [-0.2, -0.15) is 4.31 Å². The van der Waals surface area contributed by atoms with Crippen LogP contribution in [-0.4, -0.2) is 50.1 Å². The number of rotatable bonds is 7. The van der Waals surface area contributed by atoms with E-state index in [2.05, 4.69) is 0 Å². The van der Waals surface area contributed by atoms with Crippen LogP contribution in [0.5, 0.6) is 0 Å². The van der Waals surface area contributed by atoms with Gasteiger partial charge in [-0.1, -0.05) is 0 Å². The number of aryl methyl sites for hydroxylation is 1. The average molecular weight is 321 g/mol. The summed E-state index contributed by atoms with van der Waals surface area (Å²) in [4.78, 5) is 11.5. The van der Waals surface area contributed by atoms with Crippen molar-refractivity contribution in [1.82, 2.24) is 4.31 Å². The van der Waals surface area contributed by atoms with Gasteiger partial charge in [0.1, 0.15) is 4.88 Å². The molecule has 0 radical (unpaired) electrons. The van der Waals surface area contributed by atoms with Gasteiger partial charge in [-0.15, -0.1) is 11.3 Å². The minimum atomic E-state index is -3.72. The molecule has 0 spiro atoms. The molecule has 1 N–H and O–H groups in total. The highest BCUT2D eigenvalue weighted by Gasteiger charge is 2.30. The molecular weight excluding hydrogens is 302 g/mol. The van der Waals surface area contributed by atoms with E-state index in [4.69, 9.17) is 9.84 Å². The van der Waals surface area contributed by atoms with Gasteiger partial charge < -0.3 is 9.84 Å². The topological polar surface area (TPSA) is 83.9 Å². The Balaban J connectivity index is 3.22. The van der Waals surface area contributed by atoms with E-state index < -0.39 is 16.0 Å². The first kappa shape index (κ1) is 17.1. The second kappa shape index (κ2) is 6.66. The Morgan fingerprint density at radius 1 is 1.50 bits per heavy atom. The molecule has 1 heterocycles. The van der Waals surface area contributed by atoms with Gasteiger partial charge in [0.15, 0.2) is 0 Å². The molecule has 0 amide bonds. The summed E-state index contributed by atoms with van der Waals surface area (Å²) in [7, 11) is -2.21. The summed E-state index contributed by atoms with van der Waals surface area (Å²) in [5, 5.41) is 8.96. The Morgan fingerprint density at radius 3 is 2.50 bits per heavy atom. The van der Waals surface area contributed by atoms with Crippen LogP contribution < -0.4 is 0 Å².